The van der Waals surface area contributed by atoms with Gasteiger partial charge in [-0.05, 0) is 31.2 Å². The van der Waals surface area contributed by atoms with Gasteiger partial charge in [0.25, 0.3) is 0 Å². The second kappa shape index (κ2) is 6.02. The van der Waals surface area contributed by atoms with E-state index in [2.05, 4.69) is 32.6 Å². The van der Waals surface area contributed by atoms with Gasteiger partial charge in [-0.1, -0.05) is 50.3 Å². The molecule has 0 unspecified atom stereocenters. The highest BCUT2D eigenvalue weighted by molar-refractivity contribution is 5.17. The summed E-state index contributed by atoms with van der Waals surface area (Å²) in [7, 11) is 0. The number of rotatable bonds is 6. The quantitative estimate of drug-likeness (QED) is 0.739. The van der Waals surface area contributed by atoms with Crippen molar-refractivity contribution < 1.29 is 5.11 Å². The Labute approximate surface area is 105 Å². The molecule has 0 amide bonds. The molecular formula is C16H24O. The normalized spacial score (nSPS) is 16.5. The van der Waals surface area contributed by atoms with Crippen LogP contribution in [0.2, 0.25) is 0 Å². The van der Waals surface area contributed by atoms with Crippen LogP contribution in [0, 0.1) is 11.8 Å². The van der Waals surface area contributed by atoms with E-state index in [1.54, 1.807) is 0 Å². The number of aliphatic hydroxyl groups is 1. The second-order valence-corrected chi connectivity index (χ2v) is 5.49. The van der Waals surface area contributed by atoms with Gasteiger partial charge in [-0.15, -0.1) is 6.58 Å². The third kappa shape index (κ3) is 4.35. The molecule has 0 aromatic heterocycles. The van der Waals surface area contributed by atoms with Crippen LogP contribution in [0.3, 0.4) is 0 Å². The van der Waals surface area contributed by atoms with Crippen LogP contribution < -0.4 is 0 Å². The molecule has 0 bridgehead atoms. The van der Waals surface area contributed by atoms with Gasteiger partial charge in [0.15, 0.2) is 0 Å². The summed E-state index contributed by atoms with van der Waals surface area (Å²) in [5.41, 5.74) is 0.576. The van der Waals surface area contributed by atoms with Gasteiger partial charge in [0.2, 0.25) is 0 Å². The Morgan fingerprint density at radius 2 is 1.88 bits per heavy atom. The van der Waals surface area contributed by atoms with Crippen molar-refractivity contribution >= 4 is 0 Å². The van der Waals surface area contributed by atoms with Crippen LogP contribution in [-0.4, -0.2) is 10.7 Å². The molecule has 1 rings (SSSR count). The average molecular weight is 232 g/mol. The third-order valence-corrected chi connectivity index (χ3v) is 3.20. The predicted octanol–water partition coefficient (Wildman–Crippen LogP) is 3.83. The molecule has 1 aromatic rings. The fourth-order valence-electron chi connectivity index (χ4n) is 2.40. The van der Waals surface area contributed by atoms with E-state index in [-0.39, 0.29) is 5.92 Å². The zero-order chi connectivity index (χ0) is 12.9. The predicted molar refractivity (Wildman–Crippen MR) is 73.9 cm³/mol. The van der Waals surface area contributed by atoms with E-state index < -0.39 is 5.60 Å². The van der Waals surface area contributed by atoms with Gasteiger partial charge in [0.05, 0.1) is 5.60 Å². The molecule has 0 heterocycles. The van der Waals surface area contributed by atoms with Crippen LogP contribution >= 0.6 is 0 Å². The molecule has 0 aliphatic heterocycles. The van der Waals surface area contributed by atoms with Gasteiger partial charge >= 0.3 is 0 Å². The largest absolute Gasteiger partial charge is 0.390 e. The molecule has 0 saturated heterocycles. The zero-order valence-electron chi connectivity index (χ0n) is 11.2. The van der Waals surface area contributed by atoms with Crippen LogP contribution in [0.4, 0.5) is 0 Å². The van der Waals surface area contributed by atoms with Crippen LogP contribution in [-0.2, 0) is 6.42 Å². The molecule has 1 heteroatoms. The molecule has 1 N–H and O–H groups in total. The minimum Gasteiger partial charge on any atom is -0.390 e. The van der Waals surface area contributed by atoms with E-state index in [0.717, 1.165) is 12.8 Å². The van der Waals surface area contributed by atoms with Gasteiger partial charge < -0.3 is 5.11 Å². The molecule has 94 valence electrons. The Bertz CT molecular complexity index is 338. The van der Waals surface area contributed by atoms with Crippen molar-refractivity contribution in [3.8, 4) is 0 Å². The first-order valence-corrected chi connectivity index (χ1v) is 6.34. The summed E-state index contributed by atoms with van der Waals surface area (Å²) in [6.45, 7) is 10.1. The topological polar surface area (TPSA) is 20.2 Å². The Morgan fingerprint density at radius 1 is 1.29 bits per heavy atom. The first-order chi connectivity index (χ1) is 7.95. The highest BCUT2D eigenvalue weighted by Gasteiger charge is 2.30. The Hall–Kier alpha value is -1.08. The Kier molecular flexibility index (Phi) is 4.95. The van der Waals surface area contributed by atoms with Crippen molar-refractivity contribution in [2.75, 3.05) is 0 Å². The van der Waals surface area contributed by atoms with Crippen molar-refractivity contribution in [3.05, 3.63) is 48.6 Å². The molecular weight excluding hydrogens is 208 g/mol. The van der Waals surface area contributed by atoms with Crippen LogP contribution in [0.5, 0.6) is 0 Å². The van der Waals surface area contributed by atoms with Crippen molar-refractivity contribution in [1.29, 1.82) is 0 Å². The molecule has 0 radical (unpaired) electrons. The van der Waals surface area contributed by atoms with E-state index in [9.17, 15) is 5.11 Å². The van der Waals surface area contributed by atoms with Gasteiger partial charge in [0, 0.05) is 5.92 Å². The lowest BCUT2D eigenvalue weighted by Gasteiger charge is -2.32. The molecule has 0 spiro atoms. The van der Waals surface area contributed by atoms with Crippen molar-refractivity contribution in [2.45, 2.75) is 39.2 Å². The summed E-state index contributed by atoms with van der Waals surface area (Å²) in [4.78, 5) is 0. The average Bonchev–Trinajstić information content (AvgIpc) is 2.25. The summed E-state index contributed by atoms with van der Waals surface area (Å²) in [6, 6.07) is 10.3. The summed E-state index contributed by atoms with van der Waals surface area (Å²) in [5.74, 6) is 0.593. The minimum atomic E-state index is -0.675. The minimum absolute atomic E-state index is 0.104. The van der Waals surface area contributed by atoms with Crippen LogP contribution in [0.15, 0.2) is 43.0 Å². The fourth-order valence-corrected chi connectivity index (χ4v) is 2.40. The molecule has 0 saturated carbocycles. The van der Waals surface area contributed by atoms with E-state index >= 15 is 0 Å². The van der Waals surface area contributed by atoms with Gasteiger partial charge in [-0.3, -0.25) is 0 Å². The van der Waals surface area contributed by atoms with Crippen molar-refractivity contribution in [3.63, 3.8) is 0 Å². The highest BCUT2D eigenvalue weighted by Crippen LogP contribution is 2.28. The molecule has 1 aromatic carbocycles. The molecule has 2 atom stereocenters. The maximum Gasteiger partial charge on any atom is 0.0687 e. The highest BCUT2D eigenvalue weighted by atomic mass is 16.3. The molecule has 0 aliphatic rings. The van der Waals surface area contributed by atoms with E-state index in [0.29, 0.717) is 5.92 Å². The maximum absolute atomic E-state index is 10.5. The molecule has 1 nitrogen and oxygen atoms in total. The molecule has 0 fully saturated rings. The van der Waals surface area contributed by atoms with Gasteiger partial charge in [0.1, 0.15) is 0 Å². The fraction of sp³-hybridized carbons (Fsp3) is 0.500. The molecule has 17 heavy (non-hydrogen) atoms. The summed E-state index contributed by atoms with van der Waals surface area (Å²) in [6.07, 6.45) is 3.54. The monoisotopic (exact) mass is 232 g/mol. The lowest BCUT2D eigenvalue weighted by molar-refractivity contribution is -0.00108. The van der Waals surface area contributed by atoms with Crippen molar-refractivity contribution in [2.24, 2.45) is 11.8 Å². The third-order valence-electron chi connectivity index (χ3n) is 3.20. The van der Waals surface area contributed by atoms with E-state index in [1.807, 2.05) is 31.2 Å². The van der Waals surface area contributed by atoms with Crippen LogP contribution in [0.25, 0.3) is 0 Å². The second-order valence-electron chi connectivity index (χ2n) is 5.49. The maximum atomic E-state index is 10.5. The van der Waals surface area contributed by atoms with E-state index in [4.69, 9.17) is 0 Å². The van der Waals surface area contributed by atoms with E-state index in [1.165, 1.54) is 5.56 Å². The summed E-state index contributed by atoms with van der Waals surface area (Å²) >= 11 is 0. The Balaban J connectivity index is 2.74. The van der Waals surface area contributed by atoms with Gasteiger partial charge in [-0.25, -0.2) is 0 Å². The summed E-state index contributed by atoms with van der Waals surface area (Å²) < 4.78 is 0. The van der Waals surface area contributed by atoms with Gasteiger partial charge in [-0.2, -0.15) is 0 Å². The first kappa shape index (κ1) is 14.0. The summed E-state index contributed by atoms with van der Waals surface area (Å²) in [5, 5.41) is 10.5. The smallest absolute Gasteiger partial charge is 0.0687 e. The number of benzene rings is 1. The van der Waals surface area contributed by atoms with Crippen LogP contribution in [0.1, 0.15) is 32.8 Å². The SMILES string of the molecule is C=C[C@@H](Cc1ccccc1)[C@@](C)(O)CC(C)C. The number of hydrogen-bond donors (Lipinski definition) is 1. The molecule has 0 aliphatic carbocycles. The Morgan fingerprint density at radius 3 is 2.35 bits per heavy atom. The lowest BCUT2D eigenvalue weighted by atomic mass is 9.79. The lowest BCUT2D eigenvalue weighted by Crippen LogP contribution is -2.36. The van der Waals surface area contributed by atoms with Crippen molar-refractivity contribution in [1.82, 2.24) is 0 Å². The zero-order valence-corrected chi connectivity index (χ0v) is 11.2. The number of hydrogen-bond acceptors (Lipinski definition) is 1. The standard InChI is InChI=1S/C16H24O/c1-5-15(16(4,17)12-13(2)3)11-14-9-7-6-8-10-14/h5-10,13,15,17H,1,11-12H2,2-4H3/t15-,16-/m0/s1. The first-order valence-electron chi connectivity index (χ1n) is 6.34.